The molecule has 0 spiro atoms. The molecule has 0 bridgehead atoms. The molecule has 8 heavy (non-hydrogen) atoms. The van der Waals surface area contributed by atoms with Crippen LogP contribution in [-0.4, -0.2) is 13.1 Å². The summed E-state index contributed by atoms with van der Waals surface area (Å²) in [4.78, 5) is 2.97. The summed E-state index contributed by atoms with van der Waals surface area (Å²) in [6.07, 6.45) is 3.06. The molecule has 46 valence electrons. The third kappa shape index (κ3) is 5.38. The molecule has 0 radical (unpaired) electrons. The average Bonchev–Trinajstić information content (AvgIpc) is 1.81. The van der Waals surface area contributed by atoms with E-state index in [1.807, 2.05) is 0 Å². The van der Waals surface area contributed by atoms with Gasteiger partial charge in [0, 0.05) is 6.42 Å². The smallest absolute Gasteiger partial charge is 0.305 e. The van der Waals surface area contributed by atoms with Crippen LogP contribution in [0.5, 0.6) is 0 Å². The Morgan fingerprint density at radius 2 is 2.00 bits per heavy atom. The van der Waals surface area contributed by atoms with E-state index >= 15 is 0 Å². The number of rotatable bonds is 4. The van der Waals surface area contributed by atoms with Crippen LogP contribution in [0.3, 0.4) is 0 Å². The van der Waals surface area contributed by atoms with Crippen LogP contribution in [0.1, 0.15) is 19.3 Å². The molecule has 0 unspecified atom stereocenters. The Balaban J connectivity index is 2.65. The van der Waals surface area contributed by atoms with Crippen LogP contribution in [0.15, 0.2) is 0 Å². The highest BCUT2D eigenvalue weighted by Gasteiger charge is 1.91. The third-order valence-corrected chi connectivity index (χ3v) is 0.962. The largest absolute Gasteiger partial charge is 0.330 e. The summed E-state index contributed by atoms with van der Waals surface area (Å²) in [5.74, 6) is 0. The van der Waals surface area contributed by atoms with Crippen molar-refractivity contribution in [1.82, 2.24) is 0 Å². The highest BCUT2D eigenvalue weighted by atomic mass is 14.8. The van der Waals surface area contributed by atoms with Gasteiger partial charge in [0.05, 0.1) is 0 Å². The predicted octanol–water partition coefficient (Wildman–Crippen LogP) is 0.968. The normalized spacial score (nSPS) is 8.50. The summed E-state index contributed by atoms with van der Waals surface area (Å²) in [6, 6.07) is 0. The van der Waals surface area contributed by atoms with E-state index in [-0.39, 0.29) is 0 Å². The van der Waals surface area contributed by atoms with E-state index in [4.69, 9.17) is 11.1 Å². The predicted molar refractivity (Wildman–Crippen MR) is 32.9 cm³/mol. The number of hydrogen-bond acceptors (Lipinski definition) is 2. The molecule has 0 saturated carbocycles. The van der Waals surface area contributed by atoms with Crippen molar-refractivity contribution in [2.75, 3.05) is 13.1 Å². The Morgan fingerprint density at radius 3 is 2.50 bits per heavy atom. The summed E-state index contributed by atoms with van der Waals surface area (Å²) in [5.41, 5.74) is 5.22. The molecular formula is C5H12N3+. The van der Waals surface area contributed by atoms with Gasteiger partial charge in [-0.25, -0.2) is 0 Å². The molecule has 0 aromatic rings. The van der Waals surface area contributed by atoms with Crippen LogP contribution in [0.4, 0.5) is 0 Å². The molecule has 0 aliphatic rings. The second-order valence-electron chi connectivity index (χ2n) is 1.71. The van der Waals surface area contributed by atoms with Gasteiger partial charge < -0.3 is 5.73 Å². The maximum absolute atomic E-state index is 7.96. The minimum atomic E-state index is 0.556. The number of hydrogen-bond donors (Lipinski definition) is 1. The van der Waals surface area contributed by atoms with Crippen LogP contribution < -0.4 is 5.73 Å². The molecule has 0 fully saturated rings. The summed E-state index contributed by atoms with van der Waals surface area (Å²) in [5, 5.41) is 7.96. The first-order valence-corrected chi connectivity index (χ1v) is 2.92. The molecule has 0 heterocycles. The van der Waals surface area contributed by atoms with Crippen molar-refractivity contribution in [3.8, 4) is 0 Å². The van der Waals surface area contributed by atoms with Crippen molar-refractivity contribution in [2.45, 2.75) is 19.3 Å². The molecular weight excluding hydrogens is 102 g/mol. The lowest BCUT2D eigenvalue weighted by Crippen LogP contribution is -1.97. The lowest BCUT2D eigenvalue weighted by molar-refractivity contribution is 0.714. The Bertz CT molecular complexity index is 74.2. The number of diazo groups is 1. The van der Waals surface area contributed by atoms with Gasteiger partial charge >= 0.3 is 6.54 Å². The highest BCUT2D eigenvalue weighted by Crippen LogP contribution is 1.92. The summed E-state index contributed by atoms with van der Waals surface area (Å²) < 4.78 is 0. The van der Waals surface area contributed by atoms with Gasteiger partial charge in [-0.15, -0.1) is 0 Å². The minimum absolute atomic E-state index is 0.556. The van der Waals surface area contributed by atoms with Crippen molar-refractivity contribution in [3.05, 3.63) is 4.98 Å². The fourth-order valence-corrected chi connectivity index (χ4v) is 0.504. The Kier molecular flexibility index (Phi) is 5.89. The highest BCUT2D eigenvalue weighted by molar-refractivity contribution is 4.53. The van der Waals surface area contributed by atoms with Crippen LogP contribution in [0.25, 0.3) is 4.98 Å². The first-order valence-electron chi connectivity index (χ1n) is 2.92. The molecule has 0 amide bonds. The molecule has 0 aliphatic heterocycles. The van der Waals surface area contributed by atoms with Crippen molar-refractivity contribution < 1.29 is 0 Å². The SMILES string of the molecule is N#[N+]CCCCCN. The molecule has 0 aromatic carbocycles. The second kappa shape index (κ2) is 6.38. The zero-order chi connectivity index (χ0) is 6.24. The van der Waals surface area contributed by atoms with Crippen LogP contribution in [0, 0.1) is 5.39 Å². The summed E-state index contributed by atoms with van der Waals surface area (Å²) >= 11 is 0. The van der Waals surface area contributed by atoms with E-state index in [2.05, 4.69) is 4.98 Å². The Hall–Kier alpha value is -0.620. The van der Waals surface area contributed by atoms with Gasteiger partial charge in [-0.2, -0.15) is 0 Å². The number of nitrogens with zero attached hydrogens (tertiary/aromatic N) is 2. The standard InChI is InChI=1S/C5H12N3/c6-4-2-1-3-5-8-7/h1-6H2/q+1. The molecule has 0 rings (SSSR count). The Labute approximate surface area is 49.5 Å². The lowest BCUT2D eigenvalue weighted by atomic mass is 10.2. The van der Waals surface area contributed by atoms with E-state index in [1.165, 1.54) is 0 Å². The van der Waals surface area contributed by atoms with Crippen molar-refractivity contribution in [3.63, 3.8) is 0 Å². The molecule has 3 nitrogen and oxygen atoms in total. The van der Waals surface area contributed by atoms with E-state index in [9.17, 15) is 0 Å². The van der Waals surface area contributed by atoms with Crippen molar-refractivity contribution in [1.29, 1.82) is 5.39 Å². The number of nitrogens with two attached hydrogens (primary N) is 1. The lowest BCUT2D eigenvalue weighted by Gasteiger charge is -1.86. The molecule has 3 heteroatoms. The van der Waals surface area contributed by atoms with Gasteiger partial charge in [0.2, 0.25) is 5.39 Å². The first kappa shape index (κ1) is 7.38. The van der Waals surface area contributed by atoms with Crippen molar-refractivity contribution in [2.24, 2.45) is 5.73 Å². The summed E-state index contributed by atoms with van der Waals surface area (Å²) in [7, 11) is 0. The fourth-order valence-electron chi connectivity index (χ4n) is 0.504. The monoisotopic (exact) mass is 114 g/mol. The van der Waals surface area contributed by atoms with Gasteiger partial charge in [0.15, 0.2) is 0 Å². The van der Waals surface area contributed by atoms with E-state index in [0.717, 1.165) is 25.8 Å². The van der Waals surface area contributed by atoms with E-state index < -0.39 is 0 Å². The van der Waals surface area contributed by atoms with Crippen molar-refractivity contribution >= 4 is 0 Å². The van der Waals surface area contributed by atoms with Crippen LogP contribution in [-0.2, 0) is 0 Å². The van der Waals surface area contributed by atoms with Gasteiger partial charge in [-0.1, -0.05) is 0 Å². The average molecular weight is 114 g/mol. The zero-order valence-corrected chi connectivity index (χ0v) is 5.01. The minimum Gasteiger partial charge on any atom is -0.330 e. The van der Waals surface area contributed by atoms with Gasteiger partial charge in [-0.3, -0.25) is 0 Å². The zero-order valence-electron chi connectivity index (χ0n) is 5.01. The van der Waals surface area contributed by atoms with E-state index in [1.54, 1.807) is 0 Å². The second-order valence-corrected chi connectivity index (χ2v) is 1.71. The topological polar surface area (TPSA) is 54.2 Å². The van der Waals surface area contributed by atoms with Crippen LogP contribution in [0.2, 0.25) is 0 Å². The quantitative estimate of drug-likeness (QED) is 0.437. The molecule has 2 N–H and O–H groups in total. The number of unbranched alkanes of at least 4 members (excludes halogenated alkanes) is 2. The molecule has 0 aliphatic carbocycles. The first-order chi connectivity index (χ1) is 3.91. The maximum atomic E-state index is 7.96. The Morgan fingerprint density at radius 1 is 1.25 bits per heavy atom. The maximum Gasteiger partial charge on any atom is 0.305 e. The van der Waals surface area contributed by atoms with Gasteiger partial charge in [-0.05, 0) is 19.4 Å². The van der Waals surface area contributed by atoms with Gasteiger partial charge in [0.25, 0.3) is 0 Å². The summed E-state index contributed by atoms with van der Waals surface area (Å²) in [6.45, 7) is 1.30. The fraction of sp³-hybridized carbons (Fsp3) is 1.00. The third-order valence-electron chi connectivity index (χ3n) is 0.962. The van der Waals surface area contributed by atoms with E-state index in [0.29, 0.717) is 6.54 Å². The molecule has 0 saturated heterocycles. The van der Waals surface area contributed by atoms with Gasteiger partial charge in [0.1, 0.15) is 4.98 Å². The molecule has 0 atom stereocenters. The van der Waals surface area contributed by atoms with Crippen LogP contribution >= 0.6 is 0 Å². The molecule has 0 aromatic heterocycles.